The first-order valence-corrected chi connectivity index (χ1v) is 15.6. The molecule has 1 aromatic heterocycles. The van der Waals surface area contributed by atoms with Gasteiger partial charge in [0.05, 0.1) is 11.6 Å². The third kappa shape index (κ3) is 5.80. The first-order valence-electron chi connectivity index (χ1n) is 15.6. The molecule has 2 aromatic carbocycles. The second-order valence-electron chi connectivity index (χ2n) is 12.5. The monoisotopic (exact) mass is 566 g/mol. The Morgan fingerprint density at radius 3 is 2.38 bits per heavy atom. The first kappa shape index (κ1) is 28.4. The minimum absolute atomic E-state index is 0.0599. The van der Waals surface area contributed by atoms with E-state index >= 15 is 0 Å². The number of aromatic nitrogens is 3. The van der Waals surface area contributed by atoms with Crippen molar-refractivity contribution in [2.45, 2.75) is 63.5 Å². The van der Waals surface area contributed by atoms with Crippen molar-refractivity contribution in [3.05, 3.63) is 78.4 Å². The Morgan fingerprint density at radius 1 is 1.00 bits per heavy atom. The fourth-order valence-electron chi connectivity index (χ4n) is 7.99. The molecule has 0 unspecified atom stereocenters. The van der Waals surface area contributed by atoms with Crippen LogP contribution in [0.1, 0.15) is 56.6 Å². The molecule has 3 aromatic rings. The Morgan fingerprint density at radius 2 is 1.71 bits per heavy atom. The predicted molar refractivity (Wildman–Crippen MR) is 162 cm³/mol. The summed E-state index contributed by atoms with van der Waals surface area (Å²) in [6, 6.07) is 21.1. The van der Waals surface area contributed by atoms with E-state index in [4.69, 9.17) is 10.00 Å². The third-order valence-corrected chi connectivity index (χ3v) is 10.1. The van der Waals surface area contributed by atoms with Gasteiger partial charge in [-0.1, -0.05) is 37.3 Å². The molecule has 8 heteroatoms. The van der Waals surface area contributed by atoms with E-state index in [1.165, 1.54) is 11.3 Å². The second-order valence-corrected chi connectivity index (χ2v) is 12.5. The van der Waals surface area contributed by atoms with Crippen molar-refractivity contribution in [3.63, 3.8) is 0 Å². The van der Waals surface area contributed by atoms with Gasteiger partial charge in [0.2, 0.25) is 0 Å². The van der Waals surface area contributed by atoms with Gasteiger partial charge in [0.1, 0.15) is 18.8 Å². The Labute approximate surface area is 249 Å². The summed E-state index contributed by atoms with van der Waals surface area (Å²) in [6.45, 7) is 8.11. The minimum Gasteiger partial charge on any atom is -0.462 e. The molecule has 2 saturated heterocycles. The normalized spacial score (nSPS) is 23.2. The van der Waals surface area contributed by atoms with Gasteiger partial charge in [-0.05, 0) is 80.9 Å². The molecule has 0 bridgehead atoms. The molecular formula is C34H42N6O2. The van der Waals surface area contributed by atoms with Crippen molar-refractivity contribution in [3.8, 4) is 6.07 Å². The number of anilines is 1. The molecule has 0 spiro atoms. The molecular weight excluding hydrogens is 524 g/mol. The van der Waals surface area contributed by atoms with Gasteiger partial charge < -0.3 is 19.1 Å². The van der Waals surface area contributed by atoms with Gasteiger partial charge in [-0.15, -0.1) is 10.2 Å². The van der Waals surface area contributed by atoms with Gasteiger partial charge in [0.15, 0.2) is 0 Å². The second kappa shape index (κ2) is 12.7. The maximum Gasteiger partial charge on any atom is 0.305 e. The summed E-state index contributed by atoms with van der Waals surface area (Å²) >= 11 is 0. The molecule has 220 valence electrons. The fraction of sp³-hybridized carbons (Fsp3) is 0.529. The lowest BCUT2D eigenvalue weighted by Gasteiger charge is -2.51. The lowest BCUT2D eigenvalue weighted by atomic mass is 9.58. The number of likely N-dealkylation sites (tertiary alicyclic amines) is 1. The summed E-state index contributed by atoms with van der Waals surface area (Å²) < 4.78 is 8.30. The van der Waals surface area contributed by atoms with Gasteiger partial charge in [0.25, 0.3) is 0 Å². The zero-order chi connectivity index (χ0) is 28.9. The molecule has 3 heterocycles. The highest BCUT2D eigenvalue weighted by Crippen LogP contribution is 2.52. The number of nitriles is 1. The topological polar surface area (TPSA) is 87.3 Å². The predicted octanol–water partition coefficient (Wildman–Crippen LogP) is 5.06. The van der Waals surface area contributed by atoms with Crippen LogP contribution >= 0.6 is 0 Å². The third-order valence-electron chi connectivity index (χ3n) is 10.1. The molecule has 1 aliphatic carbocycles. The van der Waals surface area contributed by atoms with E-state index in [1.54, 1.807) is 0 Å². The molecule has 42 heavy (non-hydrogen) atoms. The summed E-state index contributed by atoms with van der Waals surface area (Å²) in [4.78, 5) is 17.6. The van der Waals surface area contributed by atoms with Crippen LogP contribution in [0.3, 0.4) is 0 Å². The number of nitrogens with zero attached hydrogens (tertiary/aromatic N) is 6. The molecule has 8 nitrogen and oxygen atoms in total. The molecule has 0 radical (unpaired) electrons. The molecule has 1 saturated carbocycles. The van der Waals surface area contributed by atoms with E-state index in [0.29, 0.717) is 23.8 Å². The van der Waals surface area contributed by atoms with Gasteiger partial charge in [-0.2, -0.15) is 5.26 Å². The van der Waals surface area contributed by atoms with Crippen LogP contribution in [-0.2, 0) is 21.5 Å². The number of piperidine rings is 1. The van der Waals surface area contributed by atoms with Crippen LogP contribution in [0, 0.1) is 29.1 Å². The van der Waals surface area contributed by atoms with E-state index in [9.17, 15) is 4.79 Å². The highest BCUT2D eigenvalue weighted by atomic mass is 16.5. The number of ether oxygens (including phenoxy) is 1. The van der Waals surface area contributed by atoms with Crippen molar-refractivity contribution in [2.24, 2.45) is 17.8 Å². The molecule has 3 fully saturated rings. The van der Waals surface area contributed by atoms with Crippen LogP contribution < -0.4 is 4.90 Å². The van der Waals surface area contributed by atoms with E-state index in [-0.39, 0.29) is 23.4 Å². The maximum absolute atomic E-state index is 12.5. The molecule has 2 aliphatic heterocycles. The molecule has 6 rings (SSSR count). The van der Waals surface area contributed by atoms with E-state index in [2.05, 4.69) is 73.1 Å². The van der Waals surface area contributed by atoms with Crippen molar-refractivity contribution < 1.29 is 9.53 Å². The Balaban J connectivity index is 1.18. The van der Waals surface area contributed by atoms with Gasteiger partial charge >= 0.3 is 5.97 Å². The van der Waals surface area contributed by atoms with Crippen molar-refractivity contribution in [2.75, 3.05) is 37.6 Å². The van der Waals surface area contributed by atoms with Crippen LogP contribution in [0.2, 0.25) is 0 Å². The number of benzene rings is 2. The molecule has 0 N–H and O–H groups in total. The van der Waals surface area contributed by atoms with Gasteiger partial charge in [0, 0.05) is 55.5 Å². The van der Waals surface area contributed by atoms with Crippen LogP contribution in [-0.4, -0.2) is 64.5 Å². The summed E-state index contributed by atoms with van der Waals surface area (Å²) in [6.07, 6.45) is 9.35. The number of rotatable bonds is 10. The molecule has 3 aliphatic rings. The lowest BCUT2D eigenvalue weighted by Crippen LogP contribution is -2.55. The average Bonchev–Trinajstić information content (AvgIpc) is 3.71. The zero-order valence-corrected chi connectivity index (χ0v) is 24.6. The summed E-state index contributed by atoms with van der Waals surface area (Å²) in [5.41, 5.74) is 3.09. The highest BCUT2D eigenvalue weighted by molar-refractivity contribution is 5.69. The highest BCUT2D eigenvalue weighted by Gasteiger charge is 2.53. The quantitative estimate of drug-likeness (QED) is 0.317. The zero-order valence-electron chi connectivity index (χ0n) is 24.6. The number of hydrogen-bond acceptors (Lipinski definition) is 7. The average molecular weight is 567 g/mol. The summed E-state index contributed by atoms with van der Waals surface area (Å²) in [7, 11) is 0. The smallest absolute Gasteiger partial charge is 0.305 e. The fourth-order valence-corrected chi connectivity index (χ4v) is 7.99. The minimum atomic E-state index is -0.173. The van der Waals surface area contributed by atoms with Crippen molar-refractivity contribution >= 4 is 11.7 Å². The summed E-state index contributed by atoms with van der Waals surface area (Å²) in [5.74, 6) is 1.28. The number of carbonyl (C=O) groups excluding carboxylic acids is 1. The standard InChI is InChI=1S/C34H42N6O2/c1-2-33(41)42-32-10-6-9-31(32)34(23-39-24-36-37-25-39,28-7-4-3-5-8-28)29-15-17-38(18-16-29)20-27-21-40(22-27)30-13-11-26(19-35)12-14-30/h3-5,7-8,11-14,24-25,27,29,31-32H,2,6,9-10,15-18,20-23H2,1H3/t31-,32-,34+/m0/s1. The van der Waals surface area contributed by atoms with E-state index in [0.717, 1.165) is 71.4 Å². The van der Waals surface area contributed by atoms with Crippen molar-refractivity contribution in [1.29, 1.82) is 5.26 Å². The first-order chi connectivity index (χ1) is 20.6. The Bertz CT molecular complexity index is 1340. The Hall–Kier alpha value is -3.70. The number of carbonyl (C=O) groups is 1. The van der Waals surface area contributed by atoms with Crippen LogP contribution in [0.15, 0.2) is 67.3 Å². The van der Waals surface area contributed by atoms with E-state index in [1.807, 2.05) is 31.7 Å². The van der Waals surface area contributed by atoms with Crippen LogP contribution in [0.4, 0.5) is 5.69 Å². The number of hydrogen-bond donors (Lipinski definition) is 0. The Kier molecular flexibility index (Phi) is 8.57. The van der Waals surface area contributed by atoms with Crippen LogP contribution in [0.25, 0.3) is 0 Å². The van der Waals surface area contributed by atoms with Crippen LogP contribution in [0.5, 0.6) is 0 Å². The van der Waals surface area contributed by atoms with Crippen molar-refractivity contribution in [1.82, 2.24) is 19.7 Å². The largest absolute Gasteiger partial charge is 0.462 e. The lowest BCUT2D eigenvalue weighted by molar-refractivity contribution is -0.152. The van der Waals surface area contributed by atoms with Gasteiger partial charge in [-0.3, -0.25) is 4.79 Å². The molecule has 0 amide bonds. The maximum atomic E-state index is 12.5. The van der Waals surface area contributed by atoms with Gasteiger partial charge in [-0.25, -0.2) is 0 Å². The SMILES string of the molecule is CCC(=O)O[C@H]1CCC[C@@H]1[C@](Cn1cnnc1)(c1ccccc1)C1CCN(CC2CN(c3ccc(C#N)cc3)C2)CC1. The number of esters is 1. The van der Waals surface area contributed by atoms with E-state index < -0.39 is 0 Å². The summed E-state index contributed by atoms with van der Waals surface area (Å²) in [5, 5.41) is 17.4. The molecule has 3 atom stereocenters.